The number of nitrogens with one attached hydrogen (secondary N) is 1. The Kier molecular flexibility index (Phi) is 3.44. The van der Waals surface area contributed by atoms with E-state index in [1.807, 2.05) is 31.2 Å². The second-order valence-corrected chi connectivity index (χ2v) is 3.96. The molecule has 0 aliphatic heterocycles. The zero-order valence-electron chi connectivity index (χ0n) is 10.0. The van der Waals surface area contributed by atoms with Crippen LogP contribution in [0.15, 0.2) is 24.3 Å². The molecule has 0 bridgehead atoms. The fourth-order valence-electron chi connectivity index (χ4n) is 1.80. The first-order valence-electron chi connectivity index (χ1n) is 5.51. The minimum Gasteiger partial charge on any atom is -0.497 e. The van der Waals surface area contributed by atoms with E-state index < -0.39 is 0 Å². The van der Waals surface area contributed by atoms with Crippen molar-refractivity contribution in [1.82, 2.24) is 10.2 Å². The predicted octanol–water partition coefficient (Wildman–Crippen LogP) is 1.81. The molecule has 0 saturated carbocycles. The van der Waals surface area contributed by atoms with Gasteiger partial charge in [-0.05, 0) is 24.6 Å². The van der Waals surface area contributed by atoms with Crippen molar-refractivity contribution in [3.05, 3.63) is 46.8 Å². The van der Waals surface area contributed by atoms with Gasteiger partial charge in [0.2, 0.25) is 0 Å². The Morgan fingerprint density at radius 2 is 2.00 bits per heavy atom. The minimum absolute atomic E-state index is 0.0216. The third-order valence-corrected chi connectivity index (χ3v) is 2.85. The van der Waals surface area contributed by atoms with Crippen LogP contribution in [0.1, 0.15) is 22.5 Å². The van der Waals surface area contributed by atoms with Crippen LogP contribution >= 0.6 is 0 Å². The van der Waals surface area contributed by atoms with Crippen LogP contribution in [-0.2, 0) is 13.0 Å². The number of aryl methyl sites for hydroxylation is 1. The van der Waals surface area contributed by atoms with Gasteiger partial charge in [0, 0.05) is 17.7 Å². The lowest BCUT2D eigenvalue weighted by molar-refractivity contribution is 0.280. The van der Waals surface area contributed by atoms with E-state index in [9.17, 15) is 5.11 Å². The number of aliphatic hydroxyl groups is 1. The van der Waals surface area contributed by atoms with E-state index in [1.54, 1.807) is 7.11 Å². The fourth-order valence-corrected chi connectivity index (χ4v) is 1.80. The van der Waals surface area contributed by atoms with Gasteiger partial charge in [0.15, 0.2) is 0 Å². The zero-order chi connectivity index (χ0) is 12.3. The van der Waals surface area contributed by atoms with Gasteiger partial charge in [-0.3, -0.25) is 5.10 Å². The number of aromatic nitrogens is 2. The molecule has 0 aliphatic rings. The molecule has 1 aromatic carbocycles. The van der Waals surface area contributed by atoms with Crippen molar-refractivity contribution in [3.63, 3.8) is 0 Å². The zero-order valence-corrected chi connectivity index (χ0v) is 10.0. The third-order valence-electron chi connectivity index (χ3n) is 2.85. The van der Waals surface area contributed by atoms with E-state index in [4.69, 9.17) is 4.74 Å². The average molecular weight is 232 g/mol. The van der Waals surface area contributed by atoms with Gasteiger partial charge < -0.3 is 9.84 Å². The Labute approximate surface area is 100 Å². The summed E-state index contributed by atoms with van der Waals surface area (Å²) in [4.78, 5) is 0. The van der Waals surface area contributed by atoms with Crippen molar-refractivity contribution in [3.8, 4) is 5.75 Å². The molecule has 2 N–H and O–H groups in total. The summed E-state index contributed by atoms with van der Waals surface area (Å²) in [6, 6.07) is 7.86. The van der Waals surface area contributed by atoms with Crippen molar-refractivity contribution >= 4 is 0 Å². The van der Waals surface area contributed by atoms with E-state index in [1.165, 1.54) is 0 Å². The summed E-state index contributed by atoms with van der Waals surface area (Å²) >= 11 is 0. The SMILES string of the molecule is COc1ccc(Cc2n[nH]c(C)c2CO)cc1. The minimum atomic E-state index is 0.0216. The van der Waals surface area contributed by atoms with Crippen molar-refractivity contribution in [2.75, 3.05) is 7.11 Å². The predicted molar refractivity (Wildman–Crippen MR) is 65.0 cm³/mol. The van der Waals surface area contributed by atoms with E-state index in [2.05, 4.69) is 10.2 Å². The van der Waals surface area contributed by atoms with Crippen LogP contribution in [0.3, 0.4) is 0 Å². The molecule has 1 heterocycles. The van der Waals surface area contributed by atoms with E-state index >= 15 is 0 Å². The second-order valence-electron chi connectivity index (χ2n) is 3.96. The number of benzene rings is 1. The Bertz CT molecular complexity index is 489. The number of methoxy groups -OCH3 is 1. The summed E-state index contributed by atoms with van der Waals surface area (Å²) in [6.45, 7) is 1.93. The molecule has 0 spiro atoms. The molecule has 0 fully saturated rings. The molecule has 0 saturated heterocycles. The molecule has 0 atom stereocenters. The third kappa shape index (κ3) is 2.47. The maximum absolute atomic E-state index is 9.27. The molecule has 90 valence electrons. The number of hydrogen-bond donors (Lipinski definition) is 2. The quantitative estimate of drug-likeness (QED) is 0.845. The first-order chi connectivity index (χ1) is 8.24. The molecule has 2 aromatic rings. The highest BCUT2D eigenvalue weighted by atomic mass is 16.5. The van der Waals surface area contributed by atoms with E-state index in [-0.39, 0.29) is 6.61 Å². The van der Waals surface area contributed by atoms with Crippen LogP contribution in [0.4, 0.5) is 0 Å². The topological polar surface area (TPSA) is 58.1 Å². The Hall–Kier alpha value is -1.81. The molecular formula is C13H16N2O2. The molecule has 2 rings (SSSR count). The highest BCUT2D eigenvalue weighted by Crippen LogP contribution is 2.17. The van der Waals surface area contributed by atoms with Gasteiger partial charge in [0.05, 0.1) is 19.4 Å². The van der Waals surface area contributed by atoms with Crippen LogP contribution in [-0.4, -0.2) is 22.4 Å². The van der Waals surface area contributed by atoms with Crippen LogP contribution in [0, 0.1) is 6.92 Å². The van der Waals surface area contributed by atoms with Gasteiger partial charge in [0.25, 0.3) is 0 Å². The first kappa shape index (κ1) is 11.7. The molecule has 0 unspecified atom stereocenters. The van der Waals surface area contributed by atoms with Gasteiger partial charge in [-0.25, -0.2) is 0 Å². The van der Waals surface area contributed by atoms with Gasteiger partial charge in [-0.2, -0.15) is 5.10 Å². The summed E-state index contributed by atoms with van der Waals surface area (Å²) in [7, 11) is 1.65. The van der Waals surface area contributed by atoms with Crippen LogP contribution in [0.2, 0.25) is 0 Å². The number of nitrogens with zero attached hydrogens (tertiary/aromatic N) is 1. The summed E-state index contributed by atoms with van der Waals surface area (Å²) in [5.41, 5.74) is 3.86. The lowest BCUT2D eigenvalue weighted by Crippen LogP contribution is -1.95. The number of hydrogen-bond acceptors (Lipinski definition) is 3. The van der Waals surface area contributed by atoms with Crippen molar-refractivity contribution in [1.29, 1.82) is 0 Å². The van der Waals surface area contributed by atoms with E-state index in [0.717, 1.165) is 28.3 Å². The Balaban J connectivity index is 2.19. The molecule has 0 aliphatic carbocycles. The number of aliphatic hydroxyl groups excluding tert-OH is 1. The number of H-pyrrole nitrogens is 1. The van der Waals surface area contributed by atoms with Crippen molar-refractivity contribution < 1.29 is 9.84 Å². The Morgan fingerprint density at radius 3 is 2.59 bits per heavy atom. The van der Waals surface area contributed by atoms with Gasteiger partial charge in [-0.1, -0.05) is 12.1 Å². The van der Waals surface area contributed by atoms with Crippen molar-refractivity contribution in [2.24, 2.45) is 0 Å². The largest absolute Gasteiger partial charge is 0.497 e. The summed E-state index contributed by atoms with van der Waals surface area (Å²) in [5.74, 6) is 0.842. The average Bonchev–Trinajstić information content (AvgIpc) is 2.71. The summed E-state index contributed by atoms with van der Waals surface area (Å²) < 4.78 is 5.11. The van der Waals surface area contributed by atoms with Crippen LogP contribution < -0.4 is 4.74 Å². The first-order valence-corrected chi connectivity index (χ1v) is 5.51. The number of aromatic amines is 1. The van der Waals surface area contributed by atoms with Crippen molar-refractivity contribution in [2.45, 2.75) is 20.0 Å². The summed E-state index contributed by atoms with van der Waals surface area (Å²) in [6.07, 6.45) is 0.713. The van der Waals surface area contributed by atoms with Gasteiger partial charge >= 0.3 is 0 Å². The highest BCUT2D eigenvalue weighted by molar-refractivity contribution is 5.33. The molecule has 17 heavy (non-hydrogen) atoms. The monoisotopic (exact) mass is 232 g/mol. The smallest absolute Gasteiger partial charge is 0.118 e. The summed E-state index contributed by atoms with van der Waals surface area (Å²) in [5, 5.41) is 16.4. The van der Waals surface area contributed by atoms with E-state index in [0.29, 0.717) is 6.42 Å². The molecule has 4 heteroatoms. The van der Waals surface area contributed by atoms with Gasteiger partial charge in [0.1, 0.15) is 5.75 Å². The lowest BCUT2D eigenvalue weighted by Gasteiger charge is -2.03. The standard InChI is InChI=1S/C13H16N2O2/c1-9-12(8-16)13(15-14-9)7-10-3-5-11(17-2)6-4-10/h3-6,16H,7-8H2,1-2H3,(H,14,15). The Morgan fingerprint density at radius 1 is 1.29 bits per heavy atom. The molecule has 0 amide bonds. The molecule has 1 aromatic heterocycles. The second kappa shape index (κ2) is 5.01. The number of ether oxygens (including phenoxy) is 1. The number of rotatable bonds is 4. The normalized spacial score (nSPS) is 10.5. The fraction of sp³-hybridized carbons (Fsp3) is 0.308. The van der Waals surface area contributed by atoms with Crippen LogP contribution in [0.5, 0.6) is 5.75 Å². The molecule has 0 radical (unpaired) electrons. The highest BCUT2D eigenvalue weighted by Gasteiger charge is 2.09. The maximum atomic E-state index is 9.27. The maximum Gasteiger partial charge on any atom is 0.118 e. The molecule has 4 nitrogen and oxygen atoms in total. The molecular weight excluding hydrogens is 216 g/mol. The van der Waals surface area contributed by atoms with Crippen LogP contribution in [0.25, 0.3) is 0 Å². The lowest BCUT2D eigenvalue weighted by atomic mass is 10.1. The van der Waals surface area contributed by atoms with Gasteiger partial charge in [-0.15, -0.1) is 0 Å².